The first-order valence-corrected chi connectivity index (χ1v) is 7.74. The summed E-state index contributed by atoms with van der Waals surface area (Å²) in [4.78, 5) is 24.6. The maximum absolute atomic E-state index is 12.0. The maximum Gasteiger partial charge on any atom is 0.410 e. The molecule has 5 nitrogen and oxygen atoms in total. The normalized spacial score (nSPS) is 17.0. The second-order valence-electron chi connectivity index (χ2n) is 5.95. The van der Waals surface area contributed by atoms with Gasteiger partial charge in [0.2, 0.25) is 0 Å². The third-order valence-corrected chi connectivity index (χ3v) is 4.19. The lowest BCUT2D eigenvalue weighted by Crippen LogP contribution is -2.39. The van der Waals surface area contributed by atoms with Gasteiger partial charge in [0, 0.05) is 13.1 Å². The second-order valence-corrected chi connectivity index (χ2v) is 5.95. The molecule has 1 aromatic rings. The largest absolute Gasteiger partial charge is 0.481 e. The Hall–Kier alpha value is -2.04. The standard InChI is InChI=1S/C17H23NO4/c1-13(16(19)20)11-14-7-9-18(10-8-14)17(21)22-12-15-5-3-2-4-6-15/h2-6,13-14H,7-12H2,1H3,(H,19,20). The Morgan fingerprint density at radius 1 is 1.27 bits per heavy atom. The number of amides is 1. The van der Waals surface area contributed by atoms with Crippen molar-refractivity contribution in [3.05, 3.63) is 35.9 Å². The van der Waals surface area contributed by atoms with Crippen LogP contribution in [-0.2, 0) is 16.1 Å². The van der Waals surface area contributed by atoms with E-state index in [1.807, 2.05) is 30.3 Å². The zero-order chi connectivity index (χ0) is 15.9. The molecule has 22 heavy (non-hydrogen) atoms. The van der Waals surface area contributed by atoms with Gasteiger partial charge in [0.25, 0.3) is 0 Å². The van der Waals surface area contributed by atoms with Crippen molar-refractivity contribution < 1.29 is 19.4 Å². The van der Waals surface area contributed by atoms with Crippen molar-refractivity contribution in [2.24, 2.45) is 11.8 Å². The van der Waals surface area contributed by atoms with Crippen LogP contribution in [0.2, 0.25) is 0 Å². The third-order valence-electron chi connectivity index (χ3n) is 4.19. The van der Waals surface area contributed by atoms with Gasteiger partial charge in [0.1, 0.15) is 6.61 Å². The molecular formula is C17H23NO4. The highest BCUT2D eigenvalue weighted by Gasteiger charge is 2.26. The minimum Gasteiger partial charge on any atom is -0.481 e. The first-order chi connectivity index (χ1) is 10.6. The van der Waals surface area contributed by atoms with Crippen molar-refractivity contribution in [1.82, 2.24) is 4.90 Å². The smallest absolute Gasteiger partial charge is 0.410 e. The molecule has 0 aliphatic carbocycles. The Morgan fingerprint density at radius 2 is 1.91 bits per heavy atom. The quantitative estimate of drug-likeness (QED) is 0.907. The number of carbonyl (C=O) groups is 2. The number of aliphatic carboxylic acids is 1. The van der Waals surface area contributed by atoms with E-state index >= 15 is 0 Å². The van der Waals surface area contributed by atoms with E-state index in [0.717, 1.165) is 18.4 Å². The number of rotatable bonds is 5. The first kappa shape index (κ1) is 16.3. The molecule has 5 heteroatoms. The minimum absolute atomic E-state index is 0.284. The van der Waals surface area contributed by atoms with Gasteiger partial charge in [-0.15, -0.1) is 0 Å². The molecule has 1 atom stereocenters. The Balaban J connectivity index is 1.72. The Morgan fingerprint density at radius 3 is 2.50 bits per heavy atom. The molecule has 1 aromatic carbocycles. The molecule has 1 saturated heterocycles. The van der Waals surface area contributed by atoms with Crippen LogP contribution < -0.4 is 0 Å². The van der Waals surface area contributed by atoms with E-state index in [1.165, 1.54) is 0 Å². The Labute approximate surface area is 130 Å². The Bertz CT molecular complexity index is 495. The summed E-state index contributed by atoms with van der Waals surface area (Å²) in [5.74, 6) is -0.685. The van der Waals surface area contributed by atoms with Crippen LogP contribution >= 0.6 is 0 Å². The van der Waals surface area contributed by atoms with Gasteiger partial charge in [-0.1, -0.05) is 37.3 Å². The van der Waals surface area contributed by atoms with Crippen molar-refractivity contribution in [1.29, 1.82) is 0 Å². The number of ether oxygens (including phenoxy) is 1. The monoisotopic (exact) mass is 305 g/mol. The molecule has 120 valence electrons. The summed E-state index contributed by atoms with van der Waals surface area (Å²) in [5.41, 5.74) is 0.973. The minimum atomic E-state index is -0.746. The van der Waals surface area contributed by atoms with Crippen molar-refractivity contribution in [3.8, 4) is 0 Å². The van der Waals surface area contributed by atoms with E-state index < -0.39 is 5.97 Å². The highest BCUT2D eigenvalue weighted by molar-refractivity contribution is 5.69. The molecule has 2 rings (SSSR count). The number of piperidine rings is 1. The number of carboxylic acid groups (broad SMARTS) is 1. The maximum atomic E-state index is 12.0. The molecule has 0 aromatic heterocycles. The number of carboxylic acids is 1. The molecule has 0 bridgehead atoms. The van der Waals surface area contributed by atoms with Gasteiger partial charge in [-0.25, -0.2) is 4.79 Å². The molecule has 0 saturated carbocycles. The zero-order valence-electron chi connectivity index (χ0n) is 12.9. The van der Waals surface area contributed by atoms with Crippen LogP contribution in [0.4, 0.5) is 4.79 Å². The molecule has 1 amide bonds. The fourth-order valence-electron chi connectivity index (χ4n) is 2.76. The molecule has 0 spiro atoms. The van der Waals surface area contributed by atoms with Crippen LogP contribution in [0.5, 0.6) is 0 Å². The van der Waals surface area contributed by atoms with Crippen LogP contribution in [0.1, 0.15) is 31.7 Å². The van der Waals surface area contributed by atoms with Crippen molar-refractivity contribution in [3.63, 3.8) is 0 Å². The highest BCUT2D eigenvalue weighted by Crippen LogP contribution is 2.24. The summed E-state index contributed by atoms with van der Waals surface area (Å²) < 4.78 is 5.31. The van der Waals surface area contributed by atoms with Gasteiger partial charge in [0.05, 0.1) is 5.92 Å². The highest BCUT2D eigenvalue weighted by atomic mass is 16.6. The predicted molar refractivity (Wildman–Crippen MR) is 82.3 cm³/mol. The van der Waals surface area contributed by atoms with Gasteiger partial charge in [-0.3, -0.25) is 4.79 Å². The molecule has 1 aliphatic heterocycles. The van der Waals surface area contributed by atoms with E-state index in [9.17, 15) is 9.59 Å². The summed E-state index contributed by atoms with van der Waals surface area (Å²) in [6.45, 7) is 3.31. The zero-order valence-corrected chi connectivity index (χ0v) is 12.9. The van der Waals surface area contributed by atoms with Crippen LogP contribution in [0.15, 0.2) is 30.3 Å². The van der Waals surface area contributed by atoms with E-state index in [4.69, 9.17) is 9.84 Å². The molecule has 1 fully saturated rings. The van der Waals surface area contributed by atoms with Crippen LogP contribution in [0.3, 0.4) is 0 Å². The fraction of sp³-hybridized carbons (Fsp3) is 0.529. The molecule has 0 radical (unpaired) electrons. The predicted octanol–water partition coefficient (Wildman–Crippen LogP) is 3.15. The van der Waals surface area contributed by atoms with Crippen molar-refractivity contribution in [2.45, 2.75) is 32.8 Å². The van der Waals surface area contributed by atoms with E-state index in [1.54, 1.807) is 11.8 Å². The number of hydrogen-bond donors (Lipinski definition) is 1. The van der Waals surface area contributed by atoms with Gasteiger partial charge in [0.15, 0.2) is 0 Å². The lowest BCUT2D eigenvalue weighted by molar-refractivity contribution is -0.141. The lowest BCUT2D eigenvalue weighted by atomic mass is 9.88. The summed E-state index contributed by atoms with van der Waals surface area (Å²) in [5, 5.41) is 8.95. The molecular weight excluding hydrogens is 282 g/mol. The Kier molecular flexibility index (Phi) is 5.81. The van der Waals surface area contributed by atoms with Crippen molar-refractivity contribution >= 4 is 12.1 Å². The summed E-state index contributed by atoms with van der Waals surface area (Å²) in [7, 11) is 0. The average Bonchev–Trinajstić information content (AvgIpc) is 2.54. The number of likely N-dealkylation sites (tertiary alicyclic amines) is 1. The van der Waals surface area contributed by atoms with Crippen molar-refractivity contribution in [2.75, 3.05) is 13.1 Å². The van der Waals surface area contributed by atoms with E-state index in [0.29, 0.717) is 25.4 Å². The fourth-order valence-corrected chi connectivity index (χ4v) is 2.76. The summed E-state index contributed by atoms with van der Waals surface area (Å²) in [6.07, 6.45) is 2.09. The summed E-state index contributed by atoms with van der Waals surface area (Å²) in [6, 6.07) is 9.60. The summed E-state index contributed by atoms with van der Waals surface area (Å²) >= 11 is 0. The van der Waals surface area contributed by atoms with E-state index in [2.05, 4.69) is 0 Å². The molecule has 1 N–H and O–H groups in total. The number of benzene rings is 1. The number of hydrogen-bond acceptors (Lipinski definition) is 3. The van der Waals surface area contributed by atoms with Gasteiger partial charge in [-0.05, 0) is 30.7 Å². The van der Waals surface area contributed by atoms with Gasteiger partial charge < -0.3 is 14.7 Å². The van der Waals surface area contributed by atoms with Crippen LogP contribution in [0.25, 0.3) is 0 Å². The second kappa shape index (κ2) is 7.82. The lowest BCUT2D eigenvalue weighted by Gasteiger charge is -2.32. The SMILES string of the molecule is CC(CC1CCN(C(=O)OCc2ccccc2)CC1)C(=O)O. The topological polar surface area (TPSA) is 66.8 Å². The number of carbonyl (C=O) groups excluding carboxylic acids is 1. The van der Waals surface area contributed by atoms with E-state index in [-0.39, 0.29) is 18.6 Å². The molecule has 1 unspecified atom stereocenters. The third kappa shape index (κ3) is 4.76. The van der Waals surface area contributed by atoms with Gasteiger partial charge >= 0.3 is 12.1 Å². The van der Waals surface area contributed by atoms with Gasteiger partial charge in [-0.2, -0.15) is 0 Å². The molecule has 1 heterocycles. The van der Waals surface area contributed by atoms with Crippen LogP contribution in [-0.4, -0.2) is 35.2 Å². The number of nitrogens with zero attached hydrogens (tertiary/aromatic N) is 1. The molecule has 1 aliphatic rings. The van der Waals surface area contributed by atoms with Crippen LogP contribution in [0, 0.1) is 11.8 Å². The first-order valence-electron chi connectivity index (χ1n) is 7.74. The average molecular weight is 305 g/mol.